The van der Waals surface area contributed by atoms with Crippen molar-refractivity contribution in [1.82, 2.24) is 0 Å². The molecule has 3 atom stereocenters. The van der Waals surface area contributed by atoms with E-state index in [1.54, 1.807) is 6.92 Å². The van der Waals surface area contributed by atoms with Gasteiger partial charge in [0, 0.05) is 0 Å². The standard InChI is InChI=1S/C6H10O4/c1-4-9-3-5(8)6(2-7)10-4/h2,4-6,8H,3H2,1H3. The van der Waals surface area contributed by atoms with Gasteiger partial charge in [-0.15, -0.1) is 0 Å². The van der Waals surface area contributed by atoms with Crippen molar-refractivity contribution in [1.29, 1.82) is 0 Å². The molecule has 0 spiro atoms. The van der Waals surface area contributed by atoms with Crippen LogP contribution in [0.5, 0.6) is 0 Å². The van der Waals surface area contributed by atoms with E-state index in [1.165, 1.54) is 0 Å². The second-order valence-corrected chi connectivity index (χ2v) is 2.21. The van der Waals surface area contributed by atoms with Crippen molar-refractivity contribution < 1.29 is 19.4 Å². The van der Waals surface area contributed by atoms with Gasteiger partial charge < -0.3 is 19.4 Å². The van der Waals surface area contributed by atoms with Crippen LogP contribution in [-0.4, -0.2) is 36.5 Å². The zero-order valence-electron chi connectivity index (χ0n) is 5.69. The fourth-order valence-electron chi connectivity index (χ4n) is 0.803. The van der Waals surface area contributed by atoms with E-state index in [9.17, 15) is 4.79 Å². The van der Waals surface area contributed by atoms with Gasteiger partial charge in [-0.1, -0.05) is 0 Å². The third-order valence-corrected chi connectivity index (χ3v) is 1.36. The van der Waals surface area contributed by atoms with Crippen LogP contribution >= 0.6 is 0 Å². The number of hydrogen-bond acceptors (Lipinski definition) is 4. The molecule has 0 amide bonds. The summed E-state index contributed by atoms with van der Waals surface area (Å²) in [6.45, 7) is 1.85. The first kappa shape index (κ1) is 7.65. The van der Waals surface area contributed by atoms with E-state index in [4.69, 9.17) is 14.6 Å². The number of ether oxygens (including phenoxy) is 2. The largest absolute Gasteiger partial charge is 0.388 e. The van der Waals surface area contributed by atoms with Crippen molar-refractivity contribution in [2.24, 2.45) is 0 Å². The van der Waals surface area contributed by atoms with Crippen LogP contribution in [0, 0.1) is 0 Å². The molecule has 0 aromatic heterocycles. The average molecular weight is 146 g/mol. The zero-order chi connectivity index (χ0) is 7.56. The fraction of sp³-hybridized carbons (Fsp3) is 0.833. The summed E-state index contributed by atoms with van der Waals surface area (Å²) in [5, 5.41) is 9.01. The highest BCUT2D eigenvalue weighted by Crippen LogP contribution is 2.10. The van der Waals surface area contributed by atoms with E-state index < -0.39 is 18.5 Å². The Morgan fingerprint density at radius 1 is 1.70 bits per heavy atom. The van der Waals surface area contributed by atoms with Gasteiger partial charge in [0.15, 0.2) is 12.6 Å². The molecule has 4 nitrogen and oxygen atoms in total. The molecule has 0 bridgehead atoms. The fourth-order valence-corrected chi connectivity index (χ4v) is 0.803. The SMILES string of the molecule is CC1OCC(O)C(C=O)O1. The highest BCUT2D eigenvalue weighted by Gasteiger charge is 2.27. The second kappa shape index (κ2) is 3.09. The van der Waals surface area contributed by atoms with Crippen LogP contribution in [0.2, 0.25) is 0 Å². The van der Waals surface area contributed by atoms with Crippen molar-refractivity contribution in [3.8, 4) is 0 Å². The van der Waals surface area contributed by atoms with E-state index in [1.807, 2.05) is 0 Å². The molecule has 1 aliphatic rings. The quantitative estimate of drug-likeness (QED) is 0.497. The number of aldehydes is 1. The third kappa shape index (κ3) is 1.53. The molecule has 10 heavy (non-hydrogen) atoms. The first-order valence-corrected chi connectivity index (χ1v) is 3.14. The maximum atomic E-state index is 10.2. The van der Waals surface area contributed by atoms with Crippen molar-refractivity contribution >= 4 is 6.29 Å². The van der Waals surface area contributed by atoms with Crippen molar-refractivity contribution in [2.45, 2.75) is 25.4 Å². The summed E-state index contributed by atoms with van der Waals surface area (Å²) in [4.78, 5) is 10.2. The molecule has 1 fully saturated rings. The van der Waals surface area contributed by atoms with E-state index in [0.717, 1.165) is 0 Å². The number of hydrogen-bond donors (Lipinski definition) is 1. The summed E-state index contributed by atoms with van der Waals surface area (Å²) in [5.41, 5.74) is 0. The zero-order valence-corrected chi connectivity index (χ0v) is 5.69. The first-order valence-electron chi connectivity index (χ1n) is 3.14. The lowest BCUT2D eigenvalue weighted by Gasteiger charge is -2.28. The lowest BCUT2D eigenvalue weighted by atomic mass is 10.2. The van der Waals surface area contributed by atoms with Crippen molar-refractivity contribution in [2.75, 3.05) is 6.61 Å². The molecule has 0 aromatic carbocycles. The number of aliphatic hydroxyl groups is 1. The summed E-state index contributed by atoms with van der Waals surface area (Å²) in [6, 6.07) is 0. The Morgan fingerprint density at radius 2 is 2.40 bits per heavy atom. The molecule has 0 radical (unpaired) electrons. The number of carbonyl (C=O) groups excluding carboxylic acids is 1. The van der Waals surface area contributed by atoms with Gasteiger partial charge >= 0.3 is 0 Å². The van der Waals surface area contributed by atoms with E-state index in [0.29, 0.717) is 6.29 Å². The predicted molar refractivity (Wildman–Crippen MR) is 32.4 cm³/mol. The molecular weight excluding hydrogens is 136 g/mol. The summed E-state index contributed by atoms with van der Waals surface area (Å²) in [5.74, 6) is 0. The first-order chi connectivity index (χ1) is 4.74. The van der Waals surface area contributed by atoms with Gasteiger partial charge in [0.05, 0.1) is 6.61 Å². The van der Waals surface area contributed by atoms with E-state index in [-0.39, 0.29) is 6.61 Å². The highest BCUT2D eigenvalue weighted by atomic mass is 16.7. The van der Waals surface area contributed by atoms with Gasteiger partial charge in [0.25, 0.3) is 0 Å². The van der Waals surface area contributed by atoms with Gasteiger partial charge in [-0.05, 0) is 6.92 Å². The number of aliphatic hydroxyl groups excluding tert-OH is 1. The number of rotatable bonds is 1. The Bertz CT molecular complexity index is 125. The maximum Gasteiger partial charge on any atom is 0.156 e. The molecule has 0 aromatic rings. The minimum Gasteiger partial charge on any atom is -0.388 e. The molecule has 0 saturated carbocycles. The summed E-state index contributed by atoms with van der Waals surface area (Å²) >= 11 is 0. The maximum absolute atomic E-state index is 10.2. The molecule has 58 valence electrons. The minimum atomic E-state index is -0.811. The predicted octanol–water partition coefficient (Wildman–Crippen LogP) is -0.692. The van der Waals surface area contributed by atoms with Crippen LogP contribution in [0.1, 0.15) is 6.92 Å². The normalized spacial score (nSPS) is 41.2. The van der Waals surface area contributed by atoms with Gasteiger partial charge in [-0.2, -0.15) is 0 Å². The average Bonchev–Trinajstić information content (AvgIpc) is 1.94. The van der Waals surface area contributed by atoms with Gasteiger partial charge in [-0.25, -0.2) is 0 Å². The Balaban J connectivity index is 2.45. The topological polar surface area (TPSA) is 55.8 Å². The van der Waals surface area contributed by atoms with Crippen LogP contribution < -0.4 is 0 Å². The third-order valence-electron chi connectivity index (χ3n) is 1.36. The van der Waals surface area contributed by atoms with Crippen LogP contribution in [0.15, 0.2) is 0 Å². The van der Waals surface area contributed by atoms with Gasteiger partial charge in [-0.3, -0.25) is 0 Å². The van der Waals surface area contributed by atoms with Crippen LogP contribution in [0.3, 0.4) is 0 Å². The Kier molecular flexibility index (Phi) is 2.37. The highest BCUT2D eigenvalue weighted by molar-refractivity contribution is 5.57. The Morgan fingerprint density at radius 3 is 2.90 bits per heavy atom. The van der Waals surface area contributed by atoms with Crippen LogP contribution in [0.4, 0.5) is 0 Å². The smallest absolute Gasteiger partial charge is 0.156 e. The van der Waals surface area contributed by atoms with E-state index in [2.05, 4.69) is 0 Å². The molecule has 1 aliphatic heterocycles. The van der Waals surface area contributed by atoms with Crippen molar-refractivity contribution in [3.05, 3.63) is 0 Å². The van der Waals surface area contributed by atoms with Gasteiger partial charge in [0.1, 0.15) is 12.2 Å². The summed E-state index contributed by atoms with van der Waals surface area (Å²) in [6.07, 6.45) is -1.33. The molecule has 0 aliphatic carbocycles. The lowest BCUT2D eigenvalue weighted by molar-refractivity contribution is -0.234. The van der Waals surface area contributed by atoms with Gasteiger partial charge in [0.2, 0.25) is 0 Å². The lowest BCUT2D eigenvalue weighted by Crippen LogP contribution is -2.43. The summed E-state index contributed by atoms with van der Waals surface area (Å²) in [7, 11) is 0. The Hall–Kier alpha value is -0.450. The van der Waals surface area contributed by atoms with Crippen LogP contribution in [-0.2, 0) is 14.3 Å². The van der Waals surface area contributed by atoms with Crippen LogP contribution in [0.25, 0.3) is 0 Å². The number of carbonyl (C=O) groups is 1. The molecule has 1 rings (SSSR count). The molecular formula is C6H10O4. The molecule has 1 N–H and O–H groups in total. The summed E-state index contributed by atoms with van der Waals surface area (Å²) < 4.78 is 9.80. The molecule has 1 saturated heterocycles. The Labute approximate surface area is 58.7 Å². The molecule has 4 heteroatoms. The monoisotopic (exact) mass is 146 g/mol. The van der Waals surface area contributed by atoms with E-state index >= 15 is 0 Å². The molecule has 3 unspecified atom stereocenters. The minimum absolute atomic E-state index is 0.171. The molecule has 1 heterocycles. The second-order valence-electron chi connectivity index (χ2n) is 2.21. The van der Waals surface area contributed by atoms with Crippen molar-refractivity contribution in [3.63, 3.8) is 0 Å².